The monoisotopic (exact) mass is 310 g/mol. The fourth-order valence-electron chi connectivity index (χ4n) is 3.39. The lowest BCUT2D eigenvalue weighted by Gasteiger charge is -2.32. The van der Waals surface area contributed by atoms with Crippen LogP contribution in [0.4, 0.5) is 5.69 Å². The summed E-state index contributed by atoms with van der Waals surface area (Å²) in [6.07, 6.45) is 3.72. The maximum atomic E-state index is 5.86. The van der Waals surface area contributed by atoms with E-state index in [0.717, 1.165) is 23.9 Å². The summed E-state index contributed by atoms with van der Waals surface area (Å²) in [4.78, 5) is 2.54. The van der Waals surface area contributed by atoms with E-state index < -0.39 is 0 Å². The molecule has 0 unspecified atom stereocenters. The number of methoxy groups -OCH3 is 1. The second-order valence-corrected chi connectivity index (χ2v) is 6.52. The number of piperidine rings is 1. The minimum Gasteiger partial charge on any atom is -0.497 e. The SMILES string of the molecule is COc1ccc(CC2CCN(Cc3cccc(N)c3)CC2)cc1. The predicted molar refractivity (Wildman–Crippen MR) is 95.6 cm³/mol. The minimum atomic E-state index is 0.792. The van der Waals surface area contributed by atoms with Gasteiger partial charge in [-0.15, -0.1) is 0 Å². The molecule has 0 spiro atoms. The van der Waals surface area contributed by atoms with Crippen LogP contribution in [-0.4, -0.2) is 25.1 Å². The third-order valence-electron chi connectivity index (χ3n) is 4.75. The number of nitrogen functional groups attached to an aromatic ring is 1. The number of rotatable bonds is 5. The number of benzene rings is 2. The summed E-state index contributed by atoms with van der Waals surface area (Å²) in [5.41, 5.74) is 9.46. The van der Waals surface area contributed by atoms with Gasteiger partial charge in [-0.25, -0.2) is 0 Å². The van der Waals surface area contributed by atoms with Gasteiger partial charge in [0.15, 0.2) is 0 Å². The number of nitrogens with zero attached hydrogens (tertiary/aromatic N) is 1. The fourth-order valence-corrected chi connectivity index (χ4v) is 3.39. The van der Waals surface area contributed by atoms with Crippen LogP contribution in [0.5, 0.6) is 5.75 Å². The number of hydrogen-bond acceptors (Lipinski definition) is 3. The molecule has 0 atom stereocenters. The molecule has 23 heavy (non-hydrogen) atoms. The largest absolute Gasteiger partial charge is 0.497 e. The molecule has 3 rings (SSSR count). The number of ether oxygens (including phenoxy) is 1. The van der Waals surface area contributed by atoms with Crippen molar-refractivity contribution in [2.45, 2.75) is 25.8 Å². The lowest BCUT2D eigenvalue weighted by Crippen LogP contribution is -2.33. The van der Waals surface area contributed by atoms with Crippen molar-refractivity contribution in [2.75, 3.05) is 25.9 Å². The van der Waals surface area contributed by atoms with Gasteiger partial charge in [-0.2, -0.15) is 0 Å². The molecular formula is C20H26N2O. The highest BCUT2D eigenvalue weighted by molar-refractivity contribution is 5.40. The van der Waals surface area contributed by atoms with Crippen LogP contribution in [0.2, 0.25) is 0 Å². The van der Waals surface area contributed by atoms with Crippen molar-refractivity contribution in [2.24, 2.45) is 5.92 Å². The third kappa shape index (κ3) is 4.49. The first-order valence-corrected chi connectivity index (χ1v) is 8.42. The topological polar surface area (TPSA) is 38.5 Å². The summed E-state index contributed by atoms with van der Waals surface area (Å²) >= 11 is 0. The van der Waals surface area contributed by atoms with Crippen molar-refractivity contribution in [1.29, 1.82) is 0 Å². The van der Waals surface area contributed by atoms with Crippen LogP contribution in [0.1, 0.15) is 24.0 Å². The molecule has 2 N–H and O–H groups in total. The van der Waals surface area contributed by atoms with Gasteiger partial charge in [-0.05, 0) is 73.7 Å². The Morgan fingerprint density at radius 1 is 1.04 bits per heavy atom. The summed E-state index contributed by atoms with van der Waals surface area (Å²) in [5, 5.41) is 0. The van der Waals surface area contributed by atoms with Crippen LogP contribution in [0, 0.1) is 5.92 Å². The lowest BCUT2D eigenvalue weighted by atomic mass is 9.90. The minimum absolute atomic E-state index is 0.792. The molecule has 1 aliphatic heterocycles. The Morgan fingerprint density at radius 3 is 2.43 bits per heavy atom. The zero-order valence-corrected chi connectivity index (χ0v) is 13.9. The van der Waals surface area contributed by atoms with E-state index in [4.69, 9.17) is 10.5 Å². The maximum Gasteiger partial charge on any atom is 0.118 e. The van der Waals surface area contributed by atoms with E-state index in [9.17, 15) is 0 Å². The van der Waals surface area contributed by atoms with Crippen LogP contribution in [-0.2, 0) is 13.0 Å². The molecule has 3 nitrogen and oxygen atoms in total. The standard InChI is InChI=1S/C20H26N2O/c1-23-20-7-5-16(6-8-20)13-17-9-11-22(12-10-17)15-18-3-2-4-19(21)14-18/h2-8,14,17H,9-13,15,21H2,1H3. The molecule has 0 aromatic heterocycles. The molecule has 0 aliphatic carbocycles. The van der Waals surface area contributed by atoms with Crippen molar-refractivity contribution in [3.63, 3.8) is 0 Å². The Balaban J connectivity index is 1.48. The highest BCUT2D eigenvalue weighted by Crippen LogP contribution is 2.24. The van der Waals surface area contributed by atoms with Crippen LogP contribution >= 0.6 is 0 Å². The van der Waals surface area contributed by atoms with Gasteiger partial charge in [0, 0.05) is 12.2 Å². The highest BCUT2D eigenvalue weighted by Gasteiger charge is 2.19. The van der Waals surface area contributed by atoms with E-state index >= 15 is 0 Å². The third-order valence-corrected chi connectivity index (χ3v) is 4.75. The van der Waals surface area contributed by atoms with E-state index in [1.807, 2.05) is 12.1 Å². The van der Waals surface area contributed by atoms with Crippen LogP contribution < -0.4 is 10.5 Å². The Bertz CT molecular complexity index is 616. The molecule has 1 heterocycles. The molecule has 0 bridgehead atoms. The summed E-state index contributed by atoms with van der Waals surface area (Å²) in [7, 11) is 1.71. The molecule has 3 heteroatoms. The van der Waals surface area contributed by atoms with Gasteiger partial charge in [0.2, 0.25) is 0 Å². The number of likely N-dealkylation sites (tertiary alicyclic amines) is 1. The van der Waals surface area contributed by atoms with Crippen molar-refractivity contribution in [3.8, 4) is 5.75 Å². The fraction of sp³-hybridized carbons (Fsp3) is 0.400. The van der Waals surface area contributed by atoms with Gasteiger partial charge in [0.1, 0.15) is 5.75 Å². The van der Waals surface area contributed by atoms with Gasteiger partial charge in [-0.1, -0.05) is 24.3 Å². The Hall–Kier alpha value is -2.00. The van der Waals surface area contributed by atoms with Gasteiger partial charge in [0.05, 0.1) is 7.11 Å². The van der Waals surface area contributed by atoms with Crippen molar-refractivity contribution >= 4 is 5.69 Å². The number of anilines is 1. The number of nitrogens with two attached hydrogens (primary N) is 1. The average molecular weight is 310 g/mol. The molecule has 1 saturated heterocycles. The van der Waals surface area contributed by atoms with Crippen molar-refractivity contribution in [1.82, 2.24) is 4.90 Å². The van der Waals surface area contributed by atoms with Crippen LogP contribution in [0.15, 0.2) is 48.5 Å². The smallest absolute Gasteiger partial charge is 0.118 e. The van der Waals surface area contributed by atoms with Crippen molar-refractivity contribution < 1.29 is 4.74 Å². The second kappa shape index (κ2) is 7.51. The van der Waals surface area contributed by atoms with E-state index in [0.29, 0.717) is 0 Å². The van der Waals surface area contributed by atoms with Gasteiger partial charge < -0.3 is 10.5 Å². The first kappa shape index (κ1) is 15.9. The van der Waals surface area contributed by atoms with Crippen molar-refractivity contribution in [3.05, 3.63) is 59.7 Å². The lowest BCUT2D eigenvalue weighted by molar-refractivity contribution is 0.177. The van der Waals surface area contributed by atoms with Gasteiger partial charge >= 0.3 is 0 Å². The molecule has 0 saturated carbocycles. The molecule has 0 amide bonds. The van der Waals surface area contributed by atoms with E-state index in [1.54, 1.807) is 7.11 Å². The van der Waals surface area contributed by atoms with E-state index in [2.05, 4.69) is 41.3 Å². The van der Waals surface area contributed by atoms with E-state index in [1.165, 1.54) is 43.5 Å². The first-order valence-electron chi connectivity index (χ1n) is 8.42. The Kier molecular flexibility index (Phi) is 5.19. The van der Waals surface area contributed by atoms with E-state index in [-0.39, 0.29) is 0 Å². The second-order valence-electron chi connectivity index (χ2n) is 6.52. The molecule has 2 aromatic rings. The van der Waals surface area contributed by atoms with Crippen LogP contribution in [0.3, 0.4) is 0 Å². The molecule has 1 fully saturated rings. The van der Waals surface area contributed by atoms with Gasteiger partial charge in [-0.3, -0.25) is 4.90 Å². The molecule has 122 valence electrons. The quantitative estimate of drug-likeness (QED) is 0.855. The highest BCUT2D eigenvalue weighted by atomic mass is 16.5. The summed E-state index contributed by atoms with van der Waals surface area (Å²) < 4.78 is 5.22. The Labute approximate surface area is 139 Å². The number of hydrogen-bond donors (Lipinski definition) is 1. The molecular weight excluding hydrogens is 284 g/mol. The molecule has 2 aromatic carbocycles. The summed E-state index contributed by atoms with van der Waals surface area (Å²) in [5.74, 6) is 1.73. The summed E-state index contributed by atoms with van der Waals surface area (Å²) in [6.45, 7) is 3.37. The zero-order valence-electron chi connectivity index (χ0n) is 13.9. The van der Waals surface area contributed by atoms with Crippen LogP contribution in [0.25, 0.3) is 0 Å². The first-order chi connectivity index (χ1) is 11.2. The van der Waals surface area contributed by atoms with Gasteiger partial charge in [0.25, 0.3) is 0 Å². The predicted octanol–water partition coefficient (Wildman–Crippen LogP) is 3.73. The molecule has 1 aliphatic rings. The maximum absolute atomic E-state index is 5.86. The normalized spacial score (nSPS) is 16.4. The Morgan fingerprint density at radius 2 is 1.78 bits per heavy atom. The average Bonchev–Trinajstić information content (AvgIpc) is 2.57. The molecule has 0 radical (unpaired) electrons. The summed E-state index contributed by atoms with van der Waals surface area (Å²) in [6, 6.07) is 16.7. The zero-order chi connectivity index (χ0) is 16.1.